The number of rotatable bonds is 3. The number of esters is 1. The third-order valence-electron chi connectivity index (χ3n) is 3.23. The van der Waals surface area contributed by atoms with Crippen molar-refractivity contribution >= 4 is 27.5 Å². The van der Waals surface area contributed by atoms with Crippen molar-refractivity contribution in [1.29, 1.82) is 5.26 Å². The molecule has 0 N–H and O–H groups in total. The Morgan fingerprint density at radius 1 is 1.35 bits per heavy atom. The summed E-state index contributed by atoms with van der Waals surface area (Å²) < 4.78 is 7.26. The summed E-state index contributed by atoms with van der Waals surface area (Å²) in [5, 5.41) is 13.6. The molecule has 0 saturated heterocycles. The molecule has 7 heteroatoms. The van der Waals surface area contributed by atoms with Gasteiger partial charge >= 0.3 is 5.97 Å². The fourth-order valence-corrected chi connectivity index (χ4v) is 2.47. The van der Waals surface area contributed by atoms with Crippen molar-refractivity contribution < 1.29 is 9.53 Å². The highest BCUT2D eigenvalue weighted by molar-refractivity contribution is 9.10. The minimum absolute atomic E-state index is 0.0590. The summed E-state index contributed by atoms with van der Waals surface area (Å²) >= 11 is 3.38. The van der Waals surface area contributed by atoms with Crippen LogP contribution in [0.3, 0.4) is 0 Å². The topological polar surface area (TPSA) is 80.3 Å². The Labute approximate surface area is 140 Å². The maximum absolute atomic E-state index is 11.8. The lowest BCUT2D eigenvalue weighted by Gasteiger charge is -2.05. The van der Waals surface area contributed by atoms with E-state index < -0.39 is 5.97 Å². The van der Waals surface area contributed by atoms with E-state index in [0.717, 1.165) is 15.6 Å². The summed E-state index contributed by atoms with van der Waals surface area (Å²) in [4.78, 5) is 15.9. The van der Waals surface area contributed by atoms with E-state index in [1.165, 1.54) is 4.52 Å². The average molecular weight is 371 g/mol. The quantitative estimate of drug-likeness (QED) is 0.661. The number of pyridine rings is 1. The van der Waals surface area contributed by atoms with E-state index in [1.54, 1.807) is 19.2 Å². The molecule has 0 aliphatic carbocycles. The molecule has 1 aromatic carbocycles. The highest BCUT2D eigenvalue weighted by Crippen LogP contribution is 2.27. The normalized spacial score (nSPS) is 10.5. The summed E-state index contributed by atoms with van der Waals surface area (Å²) in [5.74, 6) is -0.665. The predicted octanol–water partition coefficient (Wildman–Crippen LogP) is 3.21. The number of benzene rings is 1. The van der Waals surface area contributed by atoms with Crippen molar-refractivity contribution in [1.82, 2.24) is 14.6 Å². The number of fused-ring (bicyclic) bond motifs is 1. The third-order valence-corrected chi connectivity index (χ3v) is 3.76. The summed E-state index contributed by atoms with van der Waals surface area (Å²) in [7, 11) is 0. The molecule has 0 spiro atoms. The molecule has 6 nitrogen and oxygen atoms in total. The standard InChI is InChI=1S/C16H11BrN4O2/c1-2-23-16(22)14-19-15-13(9-18)12(7-8-21(15)20-14)10-3-5-11(17)6-4-10/h3-8H,2H2,1H3. The summed E-state index contributed by atoms with van der Waals surface area (Å²) in [6, 6.07) is 11.5. The second-order valence-corrected chi connectivity index (χ2v) is 5.56. The van der Waals surface area contributed by atoms with Gasteiger partial charge in [0.15, 0.2) is 5.65 Å². The lowest BCUT2D eigenvalue weighted by molar-refractivity contribution is 0.0512. The van der Waals surface area contributed by atoms with Crippen LogP contribution < -0.4 is 0 Å². The van der Waals surface area contributed by atoms with Crippen LogP contribution in [0.5, 0.6) is 0 Å². The van der Waals surface area contributed by atoms with E-state index in [-0.39, 0.29) is 12.4 Å². The molecule has 0 atom stereocenters. The number of carbonyl (C=O) groups is 1. The van der Waals surface area contributed by atoms with Crippen molar-refractivity contribution in [2.24, 2.45) is 0 Å². The average Bonchev–Trinajstić information content (AvgIpc) is 2.99. The summed E-state index contributed by atoms with van der Waals surface area (Å²) in [6.07, 6.45) is 1.67. The van der Waals surface area contributed by atoms with Gasteiger partial charge in [-0.3, -0.25) is 0 Å². The molecule has 0 amide bonds. The Balaban J connectivity index is 2.16. The molecule has 3 rings (SSSR count). The van der Waals surface area contributed by atoms with E-state index in [2.05, 4.69) is 32.1 Å². The van der Waals surface area contributed by atoms with E-state index in [9.17, 15) is 10.1 Å². The van der Waals surface area contributed by atoms with Crippen LogP contribution in [0.25, 0.3) is 16.8 Å². The first-order valence-corrected chi connectivity index (χ1v) is 7.66. The van der Waals surface area contributed by atoms with E-state index in [1.807, 2.05) is 24.3 Å². The number of ether oxygens (including phenoxy) is 1. The molecule has 0 unspecified atom stereocenters. The van der Waals surface area contributed by atoms with Crippen LogP contribution in [0.15, 0.2) is 41.0 Å². The molecular weight excluding hydrogens is 360 g/mol. The highest BCUT2D eigenvalue weighted by Gasteiger charge is 2.18. The zero-order valence-electron chi connectivity index (χ0n) is 12.2. The van der Waals surface area contributed by atoms with Crippen molar-refractivity contribution in [2.75, 3.05) is 6.61 Å². The van der Waals surface area contributed by atoms with Gasteiger partial charge in [-0.1, -0.05) is 28.1 Å². The Morgan fingerprint density at radius 3 is 2.74 bits per heavy atom. The van der Waals surface area contributed by atoms with Gasteiger partial charge in [-0.05, 0) is 30.7 Å². The maximum atomic E-state index is 11.8. The molecule has 0 bridgehead atoms. The number of halogens is 1. The molecule has 114 valence electrons. The summed E-state index contributed by atoms with van der Waals surface area (Å²) in [5.41, 5.74) is 2.30. The van der Waals surface area contributed by atoms with E-state index in [0.29, 0.717) is 11.2 Å². The molecule has 0 fully saturated rings. The first-order chi connectivity index (χ1) is 11.1. The number of carbonyl (C=O) groups excluding carboxylic acids is 1. The number of aromatic nitrogens is 3. The van der Waals surface area contributed by atoms with Crippen LogP contribution in [0.2, 0.25) is 0 Å². The smallest absolute Gasteiger partial charge is 0.378 e. The Morgan fingerprint density at radius 2 is 2.09 bits per heavy atom. The van der Waals surface area contributed by atoms with Gasteiger partial charge < -0.3 is 4.74 Å². The Bertz CT molecular complexity index is 926. The van der Waals surface area contributed by atoms with Crippen LogP contribution in [0.4, 0.5) is 0 Å². The molecule has 3 aromatic rings. The second kappa shape index (κ2) is 6.18. The largest absolute Gasteiger partial charge is 0.460 e. The Hall–Kier alpha value is -2.72. The van der Waals surface area contributed by atoms with Crippen LogP contribution in [-0.2, 0) is 4.74 Å². The number of nitrogens with zero attached hydrogens (tertiary/aromatic N) is 4. The van der Waals surface area contributed by atoms with Gasteiger partial charge in [-0.25, -0.2) is 9.31 Å². The zero-order valence-corrected chi connectivity index (χ0v) is 13.7. The van der Waals surface area contributed by atoms with Crippen molar-refractivity contribution in [3.05, 3.63) is 52.4 Å². The highest BCUT2D eigenvalue weighted by atomic mass is 79.9. The third kappa shape index (κ3) is 2.81. The molecule has 0 aliphatic rings. The minimum atomic E-state index is -0.606. The van der Waals surface area contributed by atoms with Crippen LogP contribution >= 0.6 is 15.9 Å². The minimum Gasteiger partial charge on any atom is -0.460 e. The summed E-state index contributed by atoms with van der Waals surface area (Å²) in [6.45, 7) is 1.95. The van der Waals surface area contributed by atoms with Crippen molar-refractivity contribution in [2.45, 2.75) is 6.92 Å². The van der Waals surface area contributed by atoms with Crippen LogP contribution in [-0.4, -0.2) is 27.2 Å². The van der Waals surface area contributed by atoms with Crippen LogP contribution in [0.1, 0.15) is 23.1 Å². The number of hydrogen-bond acceptors (Lipinski definition) is 5. The molecule has 0 aliphatic heterocycles. The van der Waals surface area contributed by atoms with E-state index >= 15 is 0 Å². The van der Waals surface area contributed by atoms with Crippen LogP contribution in [0, 0.1) is 11.3 Å². The van der Waals surface area contributed by atoms with Gasteiger partial charge in [0.2, 0.25) is 0 Å². The van der Waals surface area contributed by atoms with Crippen molar-refractivity contribution in [3.8, 4) is 17.2 Å². The van der Waals surface area contributed by atoms with E-state index in [4.69, 9.17) is 4.74 Å². The number of nitriles is 1. The molecule has 2 heterocycles. The molecule has 0 radical (unpaired) electrons. The zero-order chi connectivity index (χ0) is 16.4. The van der Waals surface area contributed by atoms with Gasteiger partial charge in [0.25, 0.3) is 5.82 Å². The molecule has 23 heavy (non-hydrogen) atoms. The monoisotopic (exact) mass is 370 g/mol. The Kier molecular flexibility index (Phi) is 4.08. The van der Waals surface area contributed by atoms with Gasteiger partial charge in [-0.15, -0.1) is 5.10 Å². The van der Waals surface area contributed by atoms with Gasteiger partial charge in [0.1, 0.15) is 11.6 Å². The van der Waals surface area contributed by atoms with Gasteiger partial charge in [0.05, 0.1) is 6.61 Å². The fraction of sp³-hybridized carbons (Fsp3) is 0.125. The van der Waals surface area contributed by atoms with Crippen molar-refractivity contribution in [3.63, 3.8) is 0 Å². The lowest BCUT2D eigenvalue weighted by atomic mass is 10.0. The molecular formula is C16H11BrN4O2. The number of hydrogen-bond donors (Lipinski definition) is 0. The van der Waals surface area contributed by atoms with Gasteiger partial charge in [0, 0.05) is 16.2 Å². The second-order valence-electron chi connectivity index (χ2n) is 4.65. The maximum Gasteiger partial charge on any atom is 0.378 e. The lowest BCUT2D eigenvalue weighted by Crippen LogP contribution is -2.06. The SMILES string of the molecule is CCOC(=O)c1nc2c(C#N)c(-c3ccc(Br)cc3)ccn2n1. The first-order valence-electron chi connectivity index (χ1n) is 6.86. The molecule has 0 saturated carbocycles. The van der Waals surface area contributed by atoms with Gasteiger partial charge in [-0.2, -0.15) is 10.2 Å². The molecule has 2 aromatic heterocycles. The first kappa shape index (κ1) is 15.2. The predicted molar refractivity (Wildman–Crippen MR) is 86.8 cm³/mol. The fourth-order valence-electron chi connectivity index (χ4n) is 2.21.